The number of hydrogen-bond acceptors (Lipinski definition) is 5. The number of aromatic nitrogens is 2. The molecule has 8 nitrogen and oxygen atoms in total. The Kier molecular flexibility index (Phi) is 7.30. The molecule has 36 heavy (non-hydrogen) atoms. The predicted octanol–water partition coefficient (Wildman–Crippen LogP) is 6.08. The fourth-order valence-electron chi connectivity index (χ4n) is 3.61. The molecule has 0 spiro atoms. The number of nitrogens with zero attached hydrogens (tertiary/aromatic N) is 3. The Hall–Kier alpha value is -4.24. The van der Waals surface area contributed by atoms with Crippen LogP contribution >= 0.6 is 11.6 Å². The van der Waals surface area contributed by atoms with Crippen LogP contribution in [0.2, 0.25) is 5.02 Å². The van der Waals surface area contributed by atoms with Crippen molar-refractivity contribution in [2.45, 2.75) is 27.0 Å². The second kappa shape index (κ2) is 10.6. The smallest absolute Gasteiger partial charge is 0.271 e. The van der Waals surface area contributed by atoms with Gasteiger partial charge in [-0.3, -0.25) is 19.6 Å². The Morgan fingerprint density at radius 2 is 1.75 bits per heavy atom. The molecule has 1 N–H and O–H groups in total. The molecular weight excluding hydrogens is 487 g/mol. The Bertz CT molecular complexity index is 1420. The highest BCUT2D eigenvalue weighted by Crippen LogP contribution is 2.29. The molecule has 4 aromatic rings. The highest BCUT2D eigenvalue weighted by atomic mass is 35.5. The highest BCUT2D eigenvalue weighted by Gasteiger charge is 2.16. The van der Waals surface area contributed by atoms with E-state index in [2.05, 4.69) is 10.4 Å². The topological polar surface area (TPSA) is 99.3 Å². The van der Waals surface area contributed by atoms with E-state index in [4.69, 9.17) is 16.3 Å². The number of non-ortho nitro benzene ring substituents is 1. The minimum atomic E-state index is -0.529. The molecule has 0 saturated heterocycles. The molecule has 4 rings (SSSR count). The number of carbonyl (C=O) groups is 1. The molecule has 0 saturated carbocycles. The maximum atomic E-state index is 13.2. The number of nitro benzene ring substituents is 1. The molecule has 3 aromatic carbocycles. The van der Waals surface area contributed by atoms with Crippen LogP contribution < -0.4 is 10.1 Å². The third-order valence-electron chi connectivity index (χ3n) is 5.60. The number of hydrogen-bond donors (Lipinski definition) is 1. The van der Waals surface area contributed by atoms with Gasteiger partial charge in [0.2, 0.25) is 0 Å². The molecule has 0 atom stereocenters. The van der Waals surface area contributed by atoms with Gasteiger partial charge in [0.1, 0.15) is 18.2 Å². The second-order valence-corrected chi connectivity index (χ2v) is 8.55. The van der Waals surface area contributed by atoms with E-state index < -0.39 is 4.92 Å². The van der Waals surface area contributed by atoms with Gasteiger partial charge < -0.3 is 10.1 Å². The lowest BCUT2D eigenvalue weighted by atomic mass is 10.1. The van der Waals surface area contributed by atoms with Gasteiger partial charge in [-0.1, -0.05) is 35.9 Å². The van der Waals surface area contributed by atoms with Crippen LogP contribution in [-0.2, 0) is 13.2 Å². The Morgan fingerprint density at radius 3 is 2.39 bits per heavy atom. The molecule has 184 valence electrons. The maximum Gasteiger partial charge on any atom is 0.271 e. The van der Waals surface area contributed by atoms with Gasteiger partial charge in [-0.25, -0.2) is 4.39 Å². The van der Waals surface area contributed by atoms with Crippen LogP contribution in [0.15, 0.2) is 66.7 Å². The third kappa shape index (κ3) is 5.69. The summed E-state index contributed by atoms with van der Waals surface area (Å²) in [6.45, 7) is 4.31. The first-order chi connectivity index (χ1) is 17.2. The van der Waals surface area contributed by atoms with E-state index in [1.54, 1.807) is 41.1 Å². The monoisotopic (exact) mass is 508 g/mol. The molecule has 1 aromatic heterocycles. The van der Waals surface area contributed by atoms with Crippen molar-refractivity contribution >= 4 is 28.9 Å². The molecule has 0 bridgehead atoms. The van der Waals surface area contributed by atoms with Crippen LogP contribution in [-0.4, -0.2) is 20.6 Å². The van der Waals surface area contributed by atoms with E-state index in [0.717, 1.165) is 16.8 Å². The molecule has 1 amide bonds. The first kappa shape index (κ1) is 24.9. The zero-order chi connectivity index (χ0) is 25.8. The van der Waals surface area contributed by atoms with Crippen LogP contribution in [0.5, 0.6) is 5.75 Å². The summed E-state index contributed by atoms with van der Waals surface area (Å²) in [5, 5.41) is 18.4. The van der Waals surface area contributed by atoms with Gasteiger partial charge in [0, 0.05) is 17.7 Å². The molecule has 0 fully saturated rings. The molecule has 0 unspecified atom stereocenters. The number of aryl methyl sites for hydroxylation is 1. The minimum Gasteiger partial charge on any atom is -0.487 e. The van der Waals surface area contributed by atoms with Crippen molar-refractivity contribution in [1.29, 1.82) is 0 Å². The van der Waals surface area contributed by atoms with Crippen molar-refractivity contribution in [3.05, 3.63) is 116 Å². The van der Waals surface area contributed by atoms with Gasteiger partial charge >= 0.3 is 0 Å². The number of anilines is 1. The number of halogens is 2. The number of nitrogens with one attached hydrogen (secondary N) is 1. The molecule has 0 radical (unpaired) electrons. The lowest BCUT2D eigenvalue weighted by molar-refractivity contribution is -0.384. The zero-order valence-electron chi connectivity index (χ0n) is 19.5. The lowest BCUT2D eigenvalue weighted by Crippen LogP contribution is -2.13. The molecule has 10 heteroatoms. The van der Waals surface area contributed by atoms with Crippen molar-refractivity contribution in [3.63, 3.8) is 0 Å². The summed E-state index contributed by atoms with van der Waals surface area (Å²) in [4.78, 5) is 23.1. The summed E-state index contributed by atoms with van der Waals surface area (Å²) in [5.41, 5.74) is 4.12. The van der Waals surface area contributed by atoms with Gasteiger partial charge in [0.05, 0.1) is 33.6 Å². The summed E-state index contributed by atoms with van der Waals surface area (Å²) in [6, 6.07) is 17.1. The zero-order valence-corrected chi connectivity index (χ0v) is 20.3. The first-order valence-corrected chi connectivity index (χ1v) is 11.3. The van der Waals surface area contributed by atoms with E-state index in [1.807, 2.05) is 13.8 Å². The van der Waals surface area contributed by atoms with Gasteiger partial charge in [-0.2, -0.15) is 5.10 Å². The maximum absolute atomic E-state index is 13.2. The number of rotatable bonds is 8. The summed E-state index contributed by atoms with van der Waals surface area (Å²) in [6.07, 6.45) is 0. The fourth-order valence-corrected chi connectivity index (χ4v) is 3.84. The van der Waals surface area contributed by atoms with E-state index in [-0.39, 0.29) is 29.0 Å². The highest BCUT2D eigenvalue weighted by molar-refractivity contribution is 6.32. The molecule has 0 aliphatic carbocycles. The van der Waals surface area contributed by atoms with Crippen LogP contribution in [0.25, 0.3) is 0 Å². The molecule has 0 aliphatic heterocycles. The van der Waals surface area contributed by atoms with Crippen molar-refractivity contribution in [1.82, 2.24) is 9.78 Å². The summed E-state index contributed by atoms with van der Waals surface area (Å²) < 4.78 is 20.6. The fraction of sp³-hybridized carbons (Fsp3) is 0.154. The number of benzene rings is 3. The van der Waals surface area contributed by atoms with Crippen molar-refractivity contribution < 1.29 is 18.8 Å². The van der Waals surface area contributed by atoms with Gasteiger partial charge in [0.15, 0.2) is 0 Å². The van der Waals surface area contributed by atoms with Crippen LogP contribution in [0.3, 0.4) is 0 Å². The van der Waals surface area contributed by atoms with Crippen LogP contribution in [0.4, 0.5) is 15.8 Å². The van der Waals surface area contributed by atoms with E-state index in [1.165, 1.54) is 30.3 Å². The Morgan fingerprint density at radius 1 is 1.08 bits per heavy atom. The van der Waals surface area contributed by atoms with Crippen LogP contribution in [0, 0.1) is 29.8 Å². The first-order valence-electron chi connectivity index (χ1n) is 11.0. The number of nitro groups is 1. The Balaban J connectivity index is 1.39. The largest absolute Gasteiger partial charge is 0.487 e. The summed E-state index contributed by atoms with van der Waals surface area (Å²) in [7, 11) is 0. The predicted molar refractivity (Wildman–Crippen MR) is 134 cm³/mol. The van der Waals surface area contributed by atoms with Crippen molar-refractivity contribution in [2.75, 3.05) is 5.32 Å². The molecule has 1 heterocycles. The quantitative estimate of drug-likeness (QED) is 0.230. The molecule has 0 aliphatic rings. The Labute approximate surface area is 211 Å². The number of ether oxygens (including phenoxy) is 1. The van der Waals surface area contributed by atoms with Gasteiger partial charge in [-0.05, 0) is 55.3 Å². The van der Waals surface area contributed by atoms with E-state index in [0.29, 0.717) is 29.2 Å². The average Bonchev–Trinajstić information content (AvgIpc) is 3.12. The van der Waals surface area contributed by atoms with Crippen molar-refractivity contribution in [3.8, 4) is 5.75 Å². The third-order valence-corrected chi connectivity index (χ3v) is 5.90. The standard InChI is InChI=1S/C26H22ClFN4O4/c1-16-25(17(2)31(30-16)14-18-5-9-21(28)10-6-18)29-26(33)20-7-3-19(4-8-20)15-36-24-12-11-22(32(34)35)13-23(24)27/h3-13H,14-15H2,1-2H3,(H,29,33). The SMILES string of the molecule is Cc1nn(Cc2ccc(F)cc2)c(C)c1NC(=O)c1ccc(COc2ccc([N+](=O)[O-])cc2Cl)cc1. The summed E-state index contributed by atoms with van der Waals surface area (Å²) in [5.74, 6) is -0.256. The number of carbonyl (C=O) groups excluding carboxylic acids is 1. The average molecular weight is 509 g/mol. The minimum absolute atomic E-state index is 0.116. The number of amides is 1. The van der Waals surface area contributed by atoms with Gasteiger partial charge in [0.25, 0.3) is 11.6 Å². The second-order valence-electron chi connectivity index (χ2n) is 8.14. The normalized spacial score (nSPS) is 10.8. The van der Waals surface area contributed by atoms with E-state index in [9.17, 15) is 19.3 Å². The van der Waals surface area contributed by atoms with Crippen molar-refractivity contribution in [2.24, 2.45) is 0 Å². The summed E-state index contributed by atoms with van der Waals surface area (Å²) >= 11 is 6.06. The molecular formula is C26H22ClFN4O4. The lowest BCUT2D eigenvalue weighted by Gasteiger charge is -2.10. The van der Waals surface area contributed by atoms with Crippen LogP contribution in [0.1, 0.15) is 32.9 Å². The van der Waals surface area contributed by atoms with Gasteiger partial charge in [-0.15, -0.1) is 0 Å². The van der Waals surface area contributed by atoms with E-state index >= 15 is 0 Å².